The van der Waals surface area contributed by atoms with Crippen LogP contribution in [0.2, 0.25) is 10.0 Å². The molecular formula is C20H18Cl2N2O4. The molecule has 2 amide bonds. The maximum Gasteiger partial charge on any atom is 0.339 e. The van der Waals surface area contributed by atoms with E-state index in [2.05, 4.69) is 10.6 Å². The largest absolute Gasteiger partial charge is 0.478 e. The predicted octanol–water partition coefficient (Wildman–Crippen LogP) is 5.78. The molecule has 0 bridgehead atoms. The first-order chi connectivity index (χ1) is 13.4. The molecule has 6 nitrogen and oxygen atoms in total. The van der Waals surface area contributed by atoms with E-state index < -0.39 is 11.5 Å². The molecule has 1 aliphatic heterocycles. The van der Waals surface area contributed by atoms with Crippen LogP contribution in [0.1, 0.15) is 48.0 Å². The third-order valence-corrected chi connectivity index (χ3v) is 5.92. The molecule has 0 unspecified atom stereocenters. The van der Waals surface area contributed by atoms with E-state index in [0.29, 0.717) is 16.5 Å². The van der Waals surface area contributed by atoms with Crippen molar-refractivity contribution in [3.63, 3.8) is 0 Å². The number of carbonyl (C=O) groups is 2. The summed E-state index contributed by atoms with van der Waals surface area (Å²) in [6, 6.07) is 7.56. The number of carboxylic acids is 1. The van der Waals surface area contributed by atoms with Crippen molar-refractivity contribution in [1.82, 2.24) is 5.32 Å². The van der Waals surface area contributed by atoms with Gasteiger partial charge in [0.15, 0.2) is 5.75 Å². The smallest absolute Gasteiger partial charge is 0.339 e. The van der Waals surface area contributed by atoms with E-state index in [-0.39, 0.29) is 22.4 Å². The molecule has 8 heteroatoms. The molecule has 0 atom stereocenters. The van der Waals surface area contributed by atoms with E-state index >= 15 is 0 Å². The number of halogens is 2. The summed E-state index contributed by atoms with van der Waals surface area (Å²) in [7, 11) is 0. The van der Waals surface area contributed by atoms with Gasteiger partial charge < -0.3 is 20.5 Å². The van der Waals surface area contributed by atoms with Gasteiger partial charge in [-0.05, 0) is 37.1 Å². The highest BCUT2D eigenvalue weighted by molar-refractivity contribution is 6.34. The van der Waals surface area contributed by atoms with Gasteiger partial charge in [0.25, 0.3) is 0 Å². The molecule has 4 rings (SSSR count). The number of aromatic carboxylic acids is 1. The molecule has 2 aromatic rings. The summed E-state index contributed by atoms with van der Waals surface area (Å²) < 4.78 is 6.06. The number of carboxylic acid groups (broad SMARTS) is 1. The van der Waals surface area contributed by atoms with Gasteiger partial charge in [-0.2, -0.15) is 0 Å². The summed E-state index contributed by atoms with van der Waals surface area (Å²) in [5.74, 6) is -0.660. The van der Waals surface area contributed by atoms with Crippen molar-refractivity contribution in [2.45, 2.75) is 37.6 Å². The predicted molar refractivity (Wildman–Crippen MR) is 107 cm³/mol. The lowest BCUT2D eigenvalue weighted by atomic mass is 9.74. The Morgan fingerprint density at radius 1 is 1.07 bits per heavy atom. The third-order valence-electron chi connectivity index (χ3n) is 5.30. The normalized spacial score (nSPS) is 17.4. The lowest BCUT2D eigenvalue weighted by Crippen LogP contribution is -2.52. The lowest BCUT2D eigenvalue weighted by Gasteiger charge is -2.43. The number of hydrogen-bond acceptors (Lipinski definition) is 3. The Morgan fingerprint density at radius 2 is 1.82 bits per heavy atom. The number of hydrogen-bond donors (Lipinski definition) is 3. The minimum Gasteiger partial charge on any atom is -0.478 e. The lowest BCUT2D eigenvalue weighted by molar-refractivity contribution is 0.0694. The molecule has 2 aromatic carbocycles. The average molecular weight is 421 g/mol. The molecule has 1 saturated carbocycles. The number of benzene rings is 2. The zero-order valence-electron chi connectivity index (χ0n) is 14.9. The fourth-order valence-electron chi connectivity index (χ4n) is 4.09. The van der Waals surface area contributed by atoms with E-state index in [4.69, 9.17) is 27.9 Å². The Balaban J connectivity index is 1.88. The highest BCUT2D eigenvalue weighted by Gasteiger charge is 2.43. The van der Waals surface area contributed by atoms with Crippen LogP contribution in [0.5, 0.6) is 11.5 Å². The van der Waals surface area contributed by atoms with Crippen LogP contribution in [-0.2, 0) is 5.54 Å². The summed E-state index contributed by atoms with van der Waals surface area (Å²) in [5, 5.41) is 15.9. The van der Waals surface area contributed by atoms with Crippen molar-refractivity contribution < 1.29 is 19.4 Å². The third kappa shape index (κ3) is 3.16. The first-order valence-corrected chi connectivity index (χ1v) is 9.79. The first kappa shape index (κ1) is 18.9. The van der Waals surface area contributed by atoms with Gasteiger partial charge >= 0.3 is 12.0 Å². The molecule has 0 aromatic heterocycles. The zero-order chi connectivity index (χ0) is 19.9. The van der Waals surface area contributed by atoms with Crippen molar-refractivity contribution in [3.05, 3.63) is 51.5 Å². The number of carbonyl (C=O) groups excluding carboxylic acids is 1. The number of urea groups is 1. The topological polar surface area (TPSA) is 87.7 Å². The first-order valence-electron chi connectivity index (χ1n) is 9.03. The van der Waals surface area contributed by atoms with Crippen LogP contribution in [0.25, 0.3) is 0 Å². The van der Waals surface area contributed by atoms with Crippen LogP contribution in [0.15, 0.2) is 30.3 Å². The van der Waals surface area contributed by atoms with Gasteiger partial charge in [0.1, 0.15) is 11.3 Å². The molecule has 2 aliphatic rings. The highest BCUT2D eigenvalue weighted by atomic mass is 35.5. The van der Waals surface area contributed by atoms with Crippen molar-refractivity contribution in [2.24, 2.45) is 0 Å². The summed E-state index contributed by atoms with van der Waals surface area (Å²) >= 11 is 12.6. The van der Waals surface area contributed by atoms with Crippen LogP contribution < -0.4 is 15.4 Å². The average Bonchev–Trinajstić information content (AvgIpc) is 2.66. The highest BCUT2D eigenvalue weighted by Crippen LogP contribution is 2.50. The summed E-state index contributed by atoms with van der Waals surface area (Å²) in [6.45, 7) is 0. The number of amides is 2. The maximum absolute atomic E-state index is 12.3. The molecule has 0 saturated heterocycles. The summed E-state index contributed by atoms with van der Waals surface area (Å²) in [6.07, 6.45) is 4.50. The molecule has 28 heavy (non-hydrogen) atoms. The SMILES string of the molecule is O=C1Nc2c(Cl)ccc(Oc3c(Cl)cccc3C(=O)O)c2C2(CCCCC2)N1. The van der Waals surface area contributed by atoms with Gasteiger partial charge in [0.2, 0.25) is 0 Å². The van der Waals surface area contributed by atoms with Gasteiger partial charge in [-0.1, -0.05) is 48.5 Å². The number of rotatable bonds is 3. The molecule has 1 spiro atoms. The maximum atomic E-state index is 12.3. The van der Waals surface area contributed by atoms with Gasteiger partial charge in [-0.3, -0.25) is 0 Å². The van der Waals surface area contributed by atoms with Crippen molar-refractivity contribution >= 4 is 40.9 Å². The monoisotopic (exact) mass is 420 g/mol. The van der Waals surface area contributed by atoms with Crippen LogP contribution in [0.4, 0.5) is 10.5 Å². The van der Waals surface area contributed by atoms with Crippen molar-refractivity contribution in [1.29, 1.82) is 0 Å². The molecule has 1 aliphatic carbocycles. The second-order valence-electron chi connectivity index (χ2n) is 7.04. The molecule has 146 valence electrons. The summed E-state index contributed by atoms with van der Waals surface area (Å²) in [4.78, 5) is 23.9. The van der Waals surface area contributed by atoms with Crippen molar-refractivity contribution in [2.75, 3.05) is 5.32 Å². The minimum atomic E-state index is -1.14. The molecule has 1 heterocycles. The molecular weight excluding hydrogens is 403 g/mol. The number of anilines is 1. The Kier molecular flexibility index (Phi) is 4.85. The van der Waals surface area contributed by atoms with E-state index in [1.807, 2.05) is 0 Å². The number of nitrogens with one attached hydrogen (secondary N) is 2. The van der Waals surface area contributed by atoms with Gasteiger partial charge in [-0.25, -0.2) is 9.59 Å². The molecule has 1 fully saturated rings. The Labute approximate surface area is 171 Å². The zero-order valence-corrected chi connectivity index (χ0v) is 16.4. The molecule has 3 N–H and O–H groups in total. The van der Waals surface area contributed by atoms with Crippen LogP contribution in [-0.4, -0.2) is 17.1 Å². The number of fused-ring (bicyclic) bond motifs is 2. The fraction of sp³-hybridized carbons (Fsp3) is 0.300. The molecule has 0 radical (unpaired) electrons. The quantitative estimate of drug-likeness (QED) is 0.587. The Morgan fingerprint density at radius 3 is 2.54 bits per heavy atom. The Hall–Kier alpha value is -2.44. The summed E-state index contributed by atoms with van der Waals surface area (Å²) in [5.41, 5.74) is 0.576. The van der Waals surface area contributed by atoms with E-state index in [1.54, 1.807) is 24.3 Å². The Bertz CT molecular complexity index is 971. The van der Waals surface area contributed by atoms with E-state index in [9.17, 15) is 14.7 Å². The standard InChI is InChI=1S/C20H18Cl2N2O4/c21-12-7-8-14(28-17-11(18(25)26)5-4-6-13(17)22)15-16(12)23-19(27)24-20(15)9-2-1-3-10-20/h4-8H,1-3,9-10H2,(H,25,26)(H2,23,24,27). The van der Waals surface area contributed by atoms with Crippen molar-refractivity contribution in [3.8, 4) is 11.5 Å². The van der Waals surface area contributed by atoms with Crippen LogP contribution >= 0.6 is 23.2 Å². The van der Waals surface area contributed by atoms with Gasteiger partial charge in [0, 0.05) is 5.56 Å². The fourth-order valence-corrected chi connectivity index (χ4v) is 4.50. The number of ether oxygens (including phenoxy) is 1. The van der Waals surface area contributed by atoms with Crippen LogP contribution in [0, 0.1) is 0 Å². The van der Waals surface area contributed by atoms with Crippen LogP contribution in [0.3, 0.4) is 0 Å². The minimum absolute atomic E-state index is 0.0401. The van der Waals surface area contributed by atoms with Gasteiger partial charge in [0.05, 0.1) is 21.3 Å². The second-order valence-corrected chi connectivity index (χ2v) is 7.86. The van der Waals surface area contributed by atoms with E-state index in [1.165, 1.54) is 6.07 Å². The van der Waals surface area contributed by atoms with Gasteiger partial charge in [-0.15, -0.1) is 0 Å². The van der Waals surface area contributed by atoms with E-state index in [0.717, 1.165) is 37.7 Å². The second kappa shape index (κ2) is 7.18. The number of para-hydroxylation sites is 1.